The fourth-order valence-electron chi connectivity index (χ4n) is 2.28. The lowest BCUT2D eigenvalue weighted by molar-refractivity contribution is -0.145. The zero-order valence-electron chi connectivity index (χ0n) is 13.0. The van der Waals surface area contributed by atoms with Crippen LogP contribution in [0.1, 0.15) is 40.5 Å². The van der Waals surface area contributed by atoms with Gasteiger partial charge in [-0.3, -0.25) is 4.79 Å². The Balaban J connectivity index is 2.89. The lowest BCUT2D eigenvalue weighted by Crippen LogP contribution is -2.55. The molecule has 1 aliphatic heterocycles. The Kier molecular flexibility index (Phi) is 5.57. The predicted octanol–water partition coefficient (Wildman–Crippen LogP) is 1.14. The van der Waals surface area contributed by atoms with Crippen molar-refractivity contribution in [1.82, 2.24) is 9.03 Å². The van der Waals surface area contributed by atoms with Gasteiger partial charge in [0.1, 0.15) is 6.04 Å². The molecule has 0 bridgehead atoms. The predicted molar refractivity (Wildman–Crippen MR) is 77.3 cm³/mol. The molecular weight excluding hydrogens is 280 g/mol. The highest BCUT2D eigenvalue weighted by Crippen LogP contribution is 2.23. The molecule has 1 N–H and O–H groups in total. The first kappa shape index (κ1) is 17.4. The van der Waals surface area contributed by atoms with Crippen LogP contribution in [0.25, 0.3) is 0 Å². The van der Waals surface area contributed by atoms with E-state index < -0.39 is 27.6 Å². The number of hydrogen-bond acceptors (Lipinski definition) is 4. The summed E-state index contributed by atoms with van der Waals surface area (Å²) in [5, 5.41) is 0. The molecule has 6 nitrogen and oxygen atoms in total. The first-order chi connectivity index (χ1) is 9.08. The van der Waals surface area contributed by atoms with E-state index in [1.165, 1.54) is 11.4 Å². The second kappa shape index (κ2) is 6.41. The van der Waals surface area contributed by atoms with E-state index in [9.17, 15) is 13.2 Å². The SMILES string of the molecule is COC(=O)C(NS(=O)(=O)N1CCCC(C)C1)C(C)(C)C. The van der Waals surface area contributed by atoms with Crippen LogP contribution in [-0.4, -0.2) is 44.9 Å². The van der Waals surface area contributed by atoms with Crippen molar-refractivity contribution in [2.45, 2.75) is 46.6 Å². The number of carbonyl (C=O) groups excluding carboxylic acids is 1. The zero-order chi connectivity index (χ0) is 15.6. The summed E-state index contributed by atoms with van der Waals surface area (Å²) in [6.07, 6.45) is 1.88. The molecule has 1 aliphatic rings. The van der Waals surface area contributed by atoms with E-state index in [2.05, 4.69) is 4.72 Å². The minimum Gasteiger partial charge on any atom is -0.468 e. The van der Waals surface area contributed by atoms with E-state index in [1.54, 1.807) is 20.8 Å². The minimum atomic E-state index is -3.67. The number of esters is 1. The van der Waals surface area contributed by atoms with Gasteiger partial charge in [-0.25, -0.2) is 0 Å². The highest BCUT2D eigenvalue weighted by molar-refractivity contribution is 7.87. The van der Waals surface area contributed by atoms with Gasteiger partial charge in [0.2, 0.25) is 0 Å². The maximum Gasteiger partial charge on any atom is 0.324 e. The van der Waals surface area contributed by atoms with Crippen LogP contribution in [0.2, 0.25) is 0 Å². The number of nitrogens with zero attached hydrogens (tertiary/aromatic N) is 1. The van der Waals surface area contributed by atoms with E-state index in [0.717, 1.165) is 12.8 Å². The van der Waals surface area contributed by atoms with E-state index in [-0.39, 0.29) is 0 Å². The Hall–Kier alpha value is -0.660. The number of ether oxygens (including phenoxy) is 1. The third-order valence-corrected chi connectivity index (χ3v) is 5.07. The Labute approximate surface area is 122 Å². The van der Waals surface area contributed by atoms with Crippen molar-refractivity contribution < 1.29 is 17.9 Å². The summed E-state index contributed by atoms with van der Waals surface area (Å²) in [5.74, 6) is -0.224. The monoisotopic (exact) mass is 306 g/mol. The first-order valence-corrected chi connectivity index (χ1v) is 8.37. The van der Waals surface area contributed by atoms with Crippen molar-refractivity contribution in [2.24, 2.45) is 11.3 Å². The summed E-state index contributed by atoms with van der Waals surface area (Å²) in [5.41, 5.74) is -0.554. The zero-order valence-corrected chi connectivity index (χ0v) is 13.8. The van der Waals surface area contributed by atoms with Crippen molar-refractivity contribution in [3.63, 3.8) is 0 Å². The number of rotatable bonds is 4. The molecular formula is C13H26N2O4S. The maximum absolute atomic E-state index is 12.4. The third kappa shape index (κ3) is 4.43. The van der Waals surface area contributed by atoms with Gasteiger partial charge in [-0.2, -0.15) is 17.4 Å². The molecule has 0 aromatic carbocycles. The molecule has 1 fully saturated rings. The standard InChI is InChI=1S/C13H26N2O4S/c1-10-7-6-8-15(9-10)20(17,18)14-11(12(16)19-5)13(2,3)4/h10-11,14H,6-9H2,1-5H3. The van der Waals surface area contributed by atoms with Gasteiger partial charge in [0, 0.05) is 13.1 Å². The van der Waals surface area contributed by atoms with Crippen LogP contribution in [0.15, 0.2) is 0 Å². The summed E-state index contributed by atoms with van der Waals surface area (Å²) in [4.78, 5) is 11.8. The van der Waals surface area contributed by atoms with E-state index in [1.807, 2.05) is 6.92 Å². The van der Waals surface area contributed by atoms with Crippen molar-refractivity contribution in [1.29, 1.82) is 0 Å². The second-order valence-electron chi connectivity index (χ2n) is 6.55. The Morgan fingerprint density at radius 3 is 2.45 bits per heavy atom. The quantitative estimate of drug-likeness (QED) is 0.790. The minimum absolute atomic E-state index is 0.339. The lowest BCUT2D eigenvalue weighted by atomic mass is 9.87. The molecule has 1 saturated heterocycles. The van der Waals surface area contributed by atoms with Crippen LogP contribution in [-0.2, 0) is 19.7 Å². The highest BCUT2D eigenvalue weighted by atomic mass is 32.2. The summed E-state index contributed by atoms with van der Waals surface area (Å²) in [6, 6.07) is -0.894. The lowest BCUT2D eigenvalue weighted by Gasteiger charge is -2.34. The third-order valence-electron chi connectivity index (χ3n) is 3.53. The Morgan fingerprint density at radius 2 is 2.00 bits per heavy atom. The van der Waals surface area contributed by atoms with Gasteiger partial charge >= 0.3 is 5.97 Å². The molecule has 2 atom stereocenters. The molecule has 0 aliphatic carbocycles. The summed E-state index contributed by atoms with van der Waals surface area (Å²) in [6.45, 7) is 8.43. The number of carbonyl (C=O) groups is 1. The molecule has 0 radical (unpaired) electrons. The molecule has 2 unspecified atom stereocenters. The maximum atomic E-state index is 12.4. The number of piperidine rings is 1. The van der Waals surface area contributed by atoms with Gasteiger partial charge in [0.05, 0.1) is 7.11 Å². The van der Waals surface area contributed by atoms with Gasteiger partial charge in [0.15, 0.2) is 0 Å². The molecule has 1 heterocycles. The average Bonchev–Trinajstić information content (AvgIpc) is 2.34. The summed E-state index contributed by atoms with van der Waals surface area (Å²) in [7, 11) is -2.41. The Morgan fingerprint density at radius 1 is 1.40 bits per heavy atom. The average molecular weight is 306 g/mol. The number of hydrogen-bond donors (Lipinski definition) is 1. The topological polar surface area (TPSA) is 75.7 Å². The van der Waals surface area contributed by atoms with Crippen LogP contribution in [0.3, 0.4) is 0 Å². The normalized spacial score (nSPS) is 23.4. The van der Waals surface area contributed by atoms with Gasteiger partial charge in [0.25, 0.3) is 10.2 Å². The van der Waals surface area contributed by atoms with Gasteiger partial charge in [-0.15, -0.1) is 0 Å². The van der Waals surface area contributed by atoms with Crippen molar-refractivity contribution >= 4 is 16.2 Å². The molecule has 0 amide bonds. The fraction of sp³-hybridized carbons (Fsp3) is 0.923. The van der Waals surface area contributed by atoms with Gasteiger partial charge in [-0.05, 0) is 24.2 Å². The number of nitrogens with one attached hydrogen (secondary N) is 1. The van der Waals surface area contributed by atoms with Crippen molar-refractivity contribution in [3.8, 4) is 0 Å². The van der Waals surface area contributed by atoms with Crippen LogP contribution >= 0.6 is 0 Å². The van der Waals surface area contributed by atoms with E-state index >= 15 is 0 Å². The smallest absolute Gasteiger partial charge is 0.324 e. The molecule has 118 valence electrons. The van der Waals surface area contributed by atoms with Crippen LogP contribution < -0.4 is 4.72 Å². The fourth-order valence-corrected chi connectivity index (χ4v) is 4.00. The molecule has 0 spiro atoms. The summed E-state index contributed by atoms with van der Waals surface area (Å²) >= 11 is 0. The van der Waals surface area contributed by atoms with Crippen LogP contribution in [0.5, 0.6) is 0 Å². The van der Waals surface area contributed by atoms with Crippen molar-refractivity contribution in [2.75, 3.05) is 20.2 Å². The molecule has 0 saturated carbocycles. The molecule has 0 aromatic rings. The molecule has 0 aromatic heterocycles. The summed E-state index contributed by atoms with van der Waals surface area (Å²) < 4.78 is 33.5. The van der Waals surface area contributed by atoms with Crippen LogP contribution in [0, 0.1) is 11.3 Å². The largest absolute Gasteiger partial charge is 0.468 e. The first-order valence-electron chi connectivity index (χ1n) is 6.93. The van der Waals surface area contributed by atoms with E-state index in [4.69, 9.17) is 4.74 Å². The number of methoxy groups -OCH3 is 1. The van der Waals surface area contributed by atoms with Crippen molar-refractivity contribution in [3.05, 3.63) is 0 Å². The Bertz CT molecular complexity index is 442. The van der Waals surface area contributed by atoms with E-state index in [0.29, 0.717) is 19.0 Å². The van der Waals surface area contributed by atoms with Crippen LogP contribution in [0.4, 0.5) is 0 Å². The molecule has 7 heteroatoms. The highest BCUT2D eigenvalue weighted by Gasteiger charge is 2.38. The van der Waals surface area contributed by atoms with Gasteiger partial charge in [-0.1, -0.05) is 27.7 Å². The molecule has 1 rings (SSSR count). The van der Waals surface area contributed by atoms with Gasteiger partial charge < -0.3 is 4.74 Å². The molecule has 20 heavy (non-hydrogen) atoms. The second-order valence-corrected chi connectivity index (χ2v) is 8.25.